The summed E-state index contributed by atoms with van der Waals surface area (Å²) in [7, 11) is 0. The fourth-order valence-electron chi connectivity index (χ4n) is 5.48. The van der Waals surface area contributed by atoms with Crippen molar-refractivity contribution in [2.24, 2.45) is 5.41 Å². The molecule has 2 fully saturated rings. The highest BCUT2D eigenvalue weighted by atomic mass is 16.6. The summed E-state index contributed by atoms with van der Waals surface area (Å²) in [6.07, 6.45) is 6.19. The molecule has 0 aromatic carbocycles. The van der Waals surface area contributed by atoms with Gasteiger partial charge in [0.2, 0.25) is 0 Å². The van der Waals surface area contributed by atoms with E-state index in [-0.39, 0.29) is 17.6 Å². The van der Waals surface area contributed by atoms with Crippen molar-refractivity contribution in [3.05, 3.63) is 42.5 Å². The van der Waals surface area contributed by atoms with Crippen LogP contribution in [0.1, 0.15) is 45.9 Å². The molecule has 6 heterocycles. The zero-order valence-electron chi connectivity index (χ0n) is 21.0. The van der Waals surface area contributed by atoms with E-state index in [1.807, 2.05) is 61.6 Å². The third-order valence-electron chi connectivity index (χ3n) is 7.12. The molecule has 0 radical (unpaired) electrons. The lowest BCUT2D eigenvalue weighted by molar-refractivity contribution is 0.00986. The van der Waals surface area contributed by atoms with E-state index in [0.717, 1.165) is 53.0 Å². The highest BCUT2D eigenvalue weighted by Crippen LogP contribution is 2.49. The number of amides is 1. The summed E-state index contributed by atoms with van der Waals surface area (Å²) in [5.74, 6) is 0.730. The lowest BCUT2D eigenvalue weighted by Gasteiger charge is -2.45. The number of pyridine rings is 2. The van der Waals surface area contributed by atoms with Crippen molar-refractivity contribution < 1.29 is 14.3 Å². The van der Waals surface area contributed by atoms with E-state index in [2.05, 4.69) is 26.7 Å². The normalized spacial score (nSPS) is 19.2. The predicted molar refractivity (Wildman–Crippen MR) is 135 cm³/mol. The minimum Gasteiger partial charge on any atom is -0.492 e. The molecule has 1 atom stereocenters. The molecule has 10 heteroatoms. The summed E-state index contributed by atoms with van der Waals surface area (Å²) in [6.45, 7) is 10.6. The standard InChI is InChI=1S/C26H31N7O3/c1-5-35-17-10-18(21-19-12-29-30-23(19)31-33(21)13-17)16-6-7-20(28-11-16)22-26(14-27-15-26)8-9-32(22)24(34)36-25(2,3)4/h6-7,10-13,22,27H,5,8-9,14-15H2,1-4H3,(H,30,31). The molecule has 36 heavy (non-hydrogen) atoms. The molecular formula is C26H31N7O3. The molecule has 10 nitrogen and oxygen atoms in total. The average molecular weight is 490 g/mol. The van der Waals surface area contributed by atoms with Crippen LogP contribution in [0, 0.1) is 5.41 Å². The quantitative estimate of drug-likeness (QED) is 0.447. The van der Waals surface area contributed by atoms with Gasteiger partial charge in [-0.15, -0.1) is 5.10 Å². The first-order chi connectivity index (χ1) is 17.3. The Morgan fingerprint density at radius 2 is 2.08 bits per heavy atom. The van der Waals surface area contributed by atoms with Gasteiger partial charge in [-0.2, -0.15) is 5.10 Å². The number of likely N-dealkylation sites (tertiary alicyclic amines) is 1. The van der Waals surface area contributed by atoms with Crippen LogP contribution in [0.2, 0.25) is 0 Å². The van der Waals surface area contributed by atoms with Crippen LogP contribution in [0.3, 0.4) is 0 Å². The van der Waals surface area contributed by atoms with Gasteiger partial charge in [0.05, 0.1) is 41.6 Å². The highest BCUT2D eigenvalue weighted by molar-refractivity contribution is 6.00. The van der Waals surface area contributed by atoms with Crippen LogP contribution in [0.5, 0.6) is 5.75 Å². The van der Waals surface area contributed by atoms with Crippen molar-refractivity contribution >= 4 is 22.6 Å². The molecular weight excluding hydrogens is 458 g/mol. The second kappa shape index (κ2) is 8.19. The van der Waals surface area contributed by atoms with E-state index >= 15 is 0 Å². The number of carbonyl (C=O) groups excluding carboxylic acids is 1. The van der Waals surface area contributed by atoms with Crippen LogP contribution in [0.25, 0.3) is 27.7 Å². The number of nitrogens with zero attached hydrogens (tertiary/aromatic N) is 5. The number of carbonyl (C=O) groups is 1. The molecule has 1 amide bonds. The Morgan fingerprint density at radius 1 is 1.25 bits per heavy atom. The van der Waals surface area contributed by atoms with Crippen LogP contribution >= 0.6 is 0 Å². The van der Waals surface area contributed by atoms with Crippen molar-refractivity contribution in [1.29, 1.82) is 0 Å². The van der Waals surface area contributed by atoms with Gasteiger partial charge in [0.15, 0.2) is 5.65 Å². The average Bonchev–Trinajstić information content (AvgIpc) is 3.50. The molecule has 2 aliphatic heterocycles. The predicted octanol–water partition coefficient (Wildman–Crippen LogP) is 3.94. The van der Waals surface area contributed by atoms with Crippen molar-refractivity contribution in [2.75, 3.05) is 26.2 Å². The largest absolute Gasteiger partial charge is 0.492 e. The number of aromatic amines is 1. The number of nitrogens with one attached hydrogen (secondary N) is 2. The van der Waals surface area contributed by atoms with Crippen LogP contribution in [-0.2, 0) is 4.74 Å². The van der Waals surface area contributed by atoms with Crippen LogP contribution < -0.4 is 10.1 Å². The number of H-pyrrole nitrogens is 1. The van der Waals surface area contributed by atoms with E-state index in [0.29, 0.717) is 18.8 Å². The SMILES string of the molecule is CCOc1cc(-c2ccc(C3N(C(=O)OC(C)(C)C)CCC34CNC4)nc2)c2c3cn[nH]c3nn2c1. The van der Waals surface area contributed by atoms with Crippen molar-refractivity contribution in [2.45, 2.75) is 45.8 Å². The maximum atomic E-state index is 13.1. The Bertz CT molecular complexity index is 1430. The number of hydrogen-bond donors (Lipinski definition) is 2. The van der Waals surface area contributed by atoms with Gasteiger partial charge in [-0.1, -0.05) is 6.07 Å². The van der Waals surface area contributed by atoms with Gasteiger partial charge < -0.3 is 14.8 Å². The molecule has 4 aromatic heterocycles. The monoisotopic (exact) mass is 489 g/mol. The van der Waals surface area contributed by atoms with Crippen LogP contribution in [0.4, 0.5) is 4.79 Å². The summed E-state index contributed by atoms with van der Waals surface area (Å²) in [5.41, 5.74) is 3.87. The number of aromatic nitrogens is 5. The molecule has 1 spiro atoms. The molecule has 6 rings (SSSR count). The smallest absolute Gasteiger partial charge is 0.410 e. The molecule has 0 bridgehead atoms. The summed E-state index contributed by atoms with van der Waals surface area (Å²) in [4.78, 5) is 19.9. The van der Waals surface area contributed by atoms with Gasteiger partial charge >= 0.3 is 6.09 Å². The lowest BCUT2D eigenvalue weighted by Crippen LogP contribution is -2.56. The van der Waals surface area contributed by atoms with E-state index < -0.39 is 5.60 Å². The summed E-state index contributed by atoms with van der Waals surface area (Å²) >= 11 is 0. The molecule has 0 aliphatic carbocycles. The number of rotatable bonds is 4. The van der Waals surface area contributed by atoms with E-state index in [1.165, 1.54) is 0 Å². The number of hydrogen-bond acceptors (Lipinski definition) is 7. The lowest BCUT2D eigenvalue weighted by atomic mass is 9.73. The first-order valence-corrected chi connectivity index (χ1v) is 12.4. The zero-order valence-corrected chi connectivity index (χ0v) is 21.0. The molecule has 188 valence electrons. The van der Waals surface area contributed by atoms with Gasteiger partial charge in [0.25, 0.3) is 0 Å². The zero-order chi connectivity index (χ0) is 25.1. The Kier molecular flexibility index (Phi) is 5.18. The van der Waals surface area contributed by atoms with Crippen LogP contribution in [0.15, 0.2) is 36.8 Å². The molecule has 2 saturated heterocycles. The Balaban J connectivity index is 1.40. The molecule has 1 unspecified atom stereocenters. The van der Waals surface area contributed by atoms with Crippen molar-refractivity contribution in [1.82, 2.24) is 35.0 Å². The van der Waals surface area contributed by atoms with Crippen LogP contribution in [-0.4, -0.2) is 67.6 Å². The second-order valence-corrected chi connectivity index (χ2v) is 10.7. The van der Waals surface area contributed by atoms with Gasteiger partial charge in [0.1, 0.15) is 11.4 Å². The Labute approximate surface area is 209 Å². The van der Waals surface area contributed by atoms with Gasteiger partial charge in [-0.05, 0) is 46.2 Å². The van der Waals surface area contributed by atoms with Gasteiger partial charge in [0, 0.05) is 42.4 Å². The van der Waals surface area contributed by atoms with E-state index in [1.54, 1.807) is 6.20 Å². The van der Waals surface area contributed by atoms with Crippen molar-refractivity contribution in [3.63, 3.8) is 0 Å². The highest BCUT2D eigenvalue weighted by Gasteiger charge is 2.54. The minimum atomic E-state index is -0.548. The first-order valence-electron chi connectivity index (χ1n) is 12.4. The third-order valence-corrected chi connectivity index (χ3v) is 7.12. The summed E-state index contributed by atoms with van der Waals surface area (Å²) in [6, 6.07) is 5.99. The molecule has 2 aliphatic rings. The topological polar surface area (TPSA) is 110 Å². The van der Waals surface area contributed by atoms with E-state index in [9.17, 15) is 4.79 Å². The second-order valence-electron chi connectivity index (χ2n) is 10.7. The first kappa shape index (κ1) is 22.8. The fourth-order valence-corrected chi connectivity index (χ4v) is 5.48. The maximum Gasteiger partial charge on any atom is 0.410 e. The van der Waals surface area contributed by atoms with Crippen molar-refractivity contribution in [3.8, 4) is 16.9 Å². The van der Waals surface area contributed by atoms with Gasteiger partial charge in [-0.25, -0.2) is 9.31 Å². The summed E-state index contributed by atoms with van der Waals surface area (Å²) in [5, 5.41) is 16.0. The fraction of sp³-hybridized carbons (Fsp3) is 0.462. The molecule has 4 aromatic rings. The number of ether oxygens (including phenoxy) is 2. The Morgan fingerprint density at radius 3 is 2.75 bits per heavy atom. The third kappa shape index (κ3) is 3.67. The minimum absolute atomic E-state index is 0.0119. The maximum absolute atomic E-state index is 13.1. The summed E-state index contributed by atoms with van der Waals surface area (Å²) < 4.78 is 13.4. The molecule has 0 saturated carbocycles. The molecule has 2 N–H and O–H groups in total. The van der Waals surface area contributed by atoms with Gasteiger partial charge in [-0.3, -0.25) is 15.0 Å². The Hall–Kier alpha value is -3.66. The number of fused-ring (bicyclic) bond motifs is 3. The van der Waals surface area contributed by atoms with E-state index in [4.69, 9.17) is 14.5 Å².